The van der Waals surface area contributed by atoms with E-state index in [4.69, 9.17) is 0 Å². The van der Waals surface area contributed by atoms with Crippen molar-refractivity contribution in [1.29, 1.82) is 0 Å². The van der Waals surface area contributed by atoms with Crippen molar-refractivity contribution in [3.05, 3.63) is 35.4 Å². The van der Waals surface area contributed by atoms with Crippen molar-refractivity contribution in [2.45, 2.75) is 19.8 Å². The van der Waals surface area contributed by atoms with Gasteiger partial charge in [-0.25, -0.2) is 0 Å². The second-order valence-corrected chi connectivity index (χ2v) is 5.86. The molecule has 0 spiro atoms. The number of benzene rings is 1. The molecule has 20 heavy (non-hydrogen) atoms. The third-order valence-corrected chi connectivity index (χ3v) is 4.26. The van der Waals surface area contributed by atoms with Gasteiger partial charge in [0.15, 0.2) is 0 Å². The fourth-order valence-electron chi connectivity index (χ4n) is 3.17. The number of rotatable bonds is 3. The summed E-state index contributed by atoms with van der Waals surface area (Å²) in [6.07, 6.45) is 2.49. The first-order chi connectivity index (χ1) is 9.66. The zero-order valence-corrected chi connectivity index (χ0v) is 11.8. The summed E-state index contributed by atoms with van der Waals surface area (Å²) in [5.41, 5.74) is 1.09. The van der Waals surface area contributed by atoms with Gasteiger partial charge in [-0.15, -0.1) is 0 Å². The summed E-state index contributed by atoms with van der Waals surface area (Å²) in [4.78, 5) is 28.2. The van der Waals surface area contributed by atoms with E-state index in [0.717, 1.165) is 19.6 Å². The lowest BCUT2D eigenvalue weighted by molar-refractivity contribution is 0.0625. The van der Waals surface area contributed by atoms with Crippen LogP contribution >= 0.6 is 0 Å². The third kappa shape index (κ3) is 2.36. The van der Waals surface area contributed by atoms with E-state index in [9.17, 15) is 9.59 Å². The molecule has 2 aliphatic heterocycles. The Morgan fingerprint density at radius 1 is 1.10 bits per heavy atom. The van der Waals surface area contributed by atoms with E-state index in [1.165, 1.54) is 17.7 Å². The Labute approximate surface area is 119 Å². The number of hydrogen-bond acceptors (Lipinski definition) is 3. The molecule has 0 aliphatic carbocycles. The Morgan fingerprint density at radius 3 is 2.35 bits per heavy atom. The number of piperidine rings is 1. The lowest BCUT2D eigenvalue weighted by atomic mass is 10.0. The first-order valence-electron chi connectivity index (χ1n) is 7.34. The van der Waals surface area contributed by atoms with Crippen molar-refractivity contribution >= 4 is 11.8 Å². The maximum atomic E-state index is 12.2. The number of hydrogen-bond donors (Lipinski definition) is 0. The molecule has 1 aromatic rings. The van der Waals surface area contributed by atoms with Crippen LogP contribution in [0.25, 0.3) is 0 Å². The van der Waals surface area contributed by atoms with E-state index < -0.39 is 0 Å². The zero-order chi connectivity index (χ0) is 14.1. The molecule has 4 nitrogen and oxygen atoms in total. The minimum atomic E-state index is -0.143. The summed E-state index contributed by atoms with van der Waals surface area (Å²) >= 11 is 0. The van der Waals surface area contributed by atoms with Crippen LogP contribution in [0.5, 0.6) is 0 Å². The summed E-state index contributed by atoms with van der Waals surface area (Å²) in [6.45, 7) is 5.69. The van der Waals surface area contributed by atoms with E-state index >= 15 is 0 Å². The van der Waals surface area contributed by atoms with Crippen molar-refractivity contribution in [2.75, 3.05) is 26.2 Å². The molecule has 4 heteroatoms. The highest BCUT2D eigenvalue weighted by Gasteiger charge is 2.35. The Hall–Kier alpha value is -1.68. The molecule has 2 heterocycles. The van der Waals surface area contributed by atoms with Gasteiger partial charge < -0.3 is 4.90 Å². The molecule has 0 aromatic heterocycles. The molecular formula is C16H20N2O2. The maximum Gasteiger partial charge on any atom is 0.261 e. The van der Waals surface area contributed by atoms with Gasteiger partial charge in [-0.1, -0.05) is 19.1 Å². The topological polar surface area (TPSA) is 40.6 Å². The average Bonchev–Trinajstić information content (AvgIpc) is 2.70. The van der Waals surface area contributed by atoms with Crippen LogP contribution in [0.15, 0.2) is 24.3 Å². The van der Waals surface area contributed by atoms with Gasteiger partial charge >= 0.3 is 0 Å². The molecule has 1 atom stereocenters. The normalized spacial score (nSPS) is 23.2. The van der Waals surface area contributed by atoms with Gasteiger partial charge in [0.1, 0.15) is 0 Å². The first-order valence-corrected chi connectivity index (χ1v) is 7.34. The van der Waals surface area contributed by atoms with Crippen LogP contribution in [-0.2, 0) is 0 Å². The number of carbonyl (C=O) groups is 2. The van der Waals surface area contributed by atoms with Crippen LogP contribution < -0.4 is 0 Å². The lowest BCUT2D eigenvalue weighted by Crippen LogP contribution is -2.41. The number of fused-ring (bicyclic) bond motifs is 1. The summed E-state index contributed by atoms with van der Waals surface area (Å²) in [6, 6.07) is 7.08. The molecule has 0 radical (unpaired) electrons. The number of carbonyl (C=O) groups excluding carboxylic acids is 2. The lowest BCUT2D eigenvalue weighted by Gasteiger charge is -2.31. The first kappa shape index (κ1) is 13.3. The molecule has 2 amide bonds. The number of likely N-dealkylation sites (tertiary alicyclic amines) is 1. The van der Waals surface area contributed by atoms with Crippen LogP contribution in [-0.4, -0.2) is 47.8 Å². The van der Waals surface area contributed by atoms with E-state index in [0.29, 0.717) is 23.6 Å². The second kappa shape index (κ2) is 5.37. The molecule has 1 saturated heterocycles. The van der Waals surface area contributed by atoms with Crippen LogP contribution in [0.3, 0.4) is 0 Å². The van der Waals surface area contributed by atoms with Gasteiger partial charge in [0, 0.05) is 19.6 Å². The Balaban J connectivity index is 1.65. The van der Waals surface area contributed by atoms with Gasteiger partial charge in [-0.3, -0.25) is 14.5 Å². The summed E-state index contributed by atoms with van der Waals surface area (Å²) in [7, 11) is 0. The standard InChI is InChI=1S/C16H20N2O2/c1-12-5-4-8-17(11-12)9-10-18-15(19)13-6-2-3-7-14(13)16(18)20/h2-3,6-7,12H,4-5,8-11H2,1H3. The fraction of sp³-hybridized carbons (Fsp3) is 0.500. The molecule has 2 aliphatic rings. The molecule has 0 bridgehead atoms. The van der Waals surface area contributed by atoms with Gasteiger partial charge in [0.25, 0.3) is 11.8 Å². The molecule has 1 aromatic carbocycles. The molecule has 0 N–H and O–H groups in total. The smallest absolute Gasteiger partial charge is 0.261 e. The van der Waals surface area contributed by atoms with E-state index in [-0.39, 0.29) is 11.8 Å². The molecule has 3 rings (SSSR count). The van der Waals surface area contributed by atoms with Gasteiger partial charge in [0.05, 0.1) is 11.1 Å². The summed E-state index contributed by atoms with van der Waals surface area (Å²) < 4.78 is 0. The van der Waals surface area contributed by atoms with Crippen molar-refractivity contribution in [1.82, 2.24) is 9.80 Å². The van der Waals surface area contributed by atoms with Crippen molar-refractivity contribution in [2.24, 2.45) is 5.92 Å². The van der Waals surface area contributed by atoms with Crippen LogP contribution in [0.4, 0.5) is 0 Å². The van der Waals surface area contributed by atoms with Crippen LogP contribution in [0.1, 0.15) is 40.5 Å². The molecular weight excluding hydrogens is 252 g/mol. The predicted molar refractivity (Wildman–Crippen MR) is 76.6 cm³/mol. The fourth-order valence-corrected chi connectivity index (χ4v) is 3.17. The van der Waals surface area contributed by atoms with E-state index in [2.05, 4.69) is 11.8 Å². The zero-order valence-electron chi connectivity index (χ0n) is 11.8. The highest BCUT2D eigenvalue weighted by atomic mass is 16.2. The number of nitrogens with zero attached hydrogens (tertiary/aromatic N) is 2. The highest BCUT2D eigenvalue weighted by molar-refractivity contribution is 6.21. The Bertz CT molecular complexity index is 506. The largest absolute Gasteiger partial charge is 0.301 e. The second-order valence-electron chi connectivity index (χ2n) is 5.86. The van der Waals surface area contributed by atoms with Crippen molar-refractivity contribution in [3.63, 3.8) is 0 Å². The predicted octanol–water partition coefficient (Wildman–Crippen LogP) is 2.01. The van der Waals surface area contributed by atoms with Crippen LogP contribution in [0.2, 0.25) is 0 Å². The average molecular weight is 272 g/mol. The number of amides is 2. The van der Waals surface area contributed by atoms with Crippen molar-refractivity contribution < 1.29 is 9.59 Å². The van der Waals surface area contributed by atoms with Crippen molar-refractivity contribution in [3.8, 4) is 0 Å². The molecule has 1 unspecified atom stereocenters. The molecule has 1 fully saturated rings. The minimum absolute atomic E-state index is 0.143. The van der Waals surface area contributed by atoms with Gasteiger partial charge in [-0.05, 0) is 37.4 Å². The van der Waals surface area contributed by atoms with E-state index in [1.54, 1.807) is 24.3 Å². The van der Waals surface area contributed by atoms with E-state index in [1.807, 2.05) is 0 Å². The highest BCUT2D eigenvalue weighted by Crippen LogP contribution is 2.22. The third-order valence-electron chi connectivity index (χ3n) is 4.26. The molecule has 0 saturated carbocycles. The minimum Gasteiger partial charge on any atom is -0.301 e. The van der Waals surface area contributed by atoms with Gasteiger partial charge in [-0.2, -0.15) is 0 Å². The number of imide groups is 1. The summed E-state index contributed by atoms with van der Waals surface area (Å²) in [5.74, 6) is 0.428. The SMILES string of the molecule is CC1CCCN(CCN2C(=O)c3ccccc3C2=O)C1. The monoisotopic (exact) mass is 272 g/mol. The Morgan fingerprint density at radius 2 is 1.75 bits per heavy atom. The Kier molecular flexibility index (Phi) is 3.57. The summed E-state index contributed by atoms with van der Waals surface area (Å²) in [5, 5.41) is 0. The molecule has 106 valence electrons. The maximum absolute atomic E-state index is 12.2. The van der Waals surface area contributed by atoms with Gasteiger partial charge in [0.2, 0.25) is 0 Å². The van der Waals surface area contributed by atoms with Crippen LogP contribution in [0, 0.1) is 5.92 Å². The quantitative estimate of drug-likeness (QED) is 0.790.